The molecule has 1 aromatic carbocycles. The molecule has 7 nitrogen and oxygen atoms in total. The van der Waals surface area contributed by atoms with E-state index < -0.39 is 0 Å². The highest BCUT2D eigenvalue weighted by atomic mass is 32.1. The number of ether oxygens (including phenoxy) is 1. The van der Waals surface area contributed by atoms with E-state index >= 15 is 0 Å². The van der Waals surface area contributed by atoms with Crippen LogP contribution in [0.5, 0.6) is 5.75 Å². The Bertz CT molecular complexity index is 947. The molecule has 2 aromatic heterocycles. The number of hydrogen-bond acceptors (Lipinski definition) is 6. The molecule has 0 saturated carbocycles. The Hall–Kier alpha value is -2.71. The van der Waals surface area contributed by atoms with Crippen molar-refractivity contribution in [1.82, 2.24) is 20.1 Å². The molecule has 1 aliphatic heterocycles. The number of likely N-dealkylation sites (N-methyl/N-ethyl adjacent to an activating group) is 1. The lowest BCUT2D eigenvalue weighted by molar-refractivity contribution is 0.102. The summed E-state index contributed by atoms with van der Waals surface area (Å²) in [4.78, 5) is 21.0. The first-order valence-electron chi connectivity index (χ1n) is 8.88. The largest absolute Gasteiger partial charge is 0.497 e. The number of carbonyl (C=O) groups is 1. The monoisotopic (exact) mass is 383 g/mol. The van der Waals surface area contributed by atoms with Gasteiger partial charge in [0.05, 0.1) is 30.3 Å². The first kappa shape index (κ1) is 17.7. The summed E-state index contributed by atoms with van der Waals surface area (Å²) < 4.78 is 5.18. The molecule has 0 radical (unpaired) electrons. The molecule has 0 atom stereocenters. The van der Waals surface area contributed by atoms with Crippen LogP contribution in [0.25, 0.3) is 11.3 Å². The number of anilines is 1. The Balaban J connectivity index is 1.53. The average Bonchev–Trinajstić information content (AvgIpc) is 3.34. The summed E-state index contributed by atoms with van der Waals surface area (Å²) in [5.41, 5.74) is 3.13. The third-order valence-corrected chi connectivity index (χ3v) is 5.74. The molecule has 4 rings (SSSR count). The summed E-state index contributed by atoms with van der Waals surface area (Å²) in [6.45, 7) is 5.11. The SMILES string of the molecule is CCN1CCc2nc(NC(=O)c3cn[nH]c3-c3ccc(OC)cc3)sc2C1. The maximum Gasteiger partial charge on any atom is 0.261 e. The van der Waals surface area contributed by atoms with Gasteiger partial charge in [0.1, 0.15) is 5.75 Å². The second kappa shape index (κ2) is 7.50. The molecule has 140 valence electrons. The van der Waals surface area contributed by atoms with Crippen molar-refractivity contribution in [3.05, 3.63) is 46.6 Å². The quantitative estimate of drug-likeness (QED) is 0.707. The van der Waals surface area contributed by atoms with E-state index in [4.69, 9.17) is 4.74 Å². The number of thiazole rings is 1. The van der Waals surface area contributed by atoms with Gasteiger partial charge in [-0.25, -0.2) is 4.98 Å². The normalized spacial score (nSPS) is 14.0. The number of hydrogen-bond donors (Lipinski definition) is 2. The van der Waals surface area contributed by atoms with Gasteiger partial charge in [-0.15, -0.1) is 11.3 Å². The molecular formula is C19H21N5O2S. The third-order valence-electron chi connectivity index (χ3n) is 4.74. The summed E-state index contributed by atoms with van der Waals surface area (Å²) in [5.74, 6) is 0.548. The van der Waals surface area contributed by atoms with Gasteiger partial charge in [-0.05, 0) is 30.8 Å². The Kier molecular flexibility index (Phi) is 4.91. The second-order valence-electron chi connectivity index (χ2n) is 6.35. The highest BCUT2D eigenvalue weighted by Crippen LogP contribution is 2.29. The smallest absolute Gasteiger partial charge is 0.261 e. The van der Waals surface area contributed by atoms with Crippen molar-refractivity contribution in [2.75, 3.05) is 25.5 Å². The summed E-state index contributed by atoms with van der Waals surface area (Å²) in [6.07, 6.45) is 2.47. The van der Waals surface area contributed by atoms with Crippen LogP contribution in [-0.2, 0) is 13.0 Å². The fourth-order valence-corrected chi connectivity index (χ4v) is 4.22. The van der Waals surface area contributed by atoms with E-state index in [0.717, 1.165) is 43.1 Å². The molecule has 0 aliphatic carbocycles. The van der Waals surface area contributed by atoms with Crippen LogP contribution in [-0.4, -0.2) is 46.2 Å². The Morgan fingerprint density at radius 1 is 1.37 bits per heavy atom. The molecule has 0 fully saturated rings. The molecule has 1 amide bonds. The second-order valence-corrected chi connectivity index (χ2v) is 7.43. The average molecular weight is 383 g/mol. The maximum absolute atomic E-state index is 12.8. The van der Waals surface area contributed by atoms with Crippen molar-refractivity contribution in [3.63, 3.8) is 0 Å². The van der Waals surface area contributed by atoms with Crippen molar-refractivity contribution in [2.24, 2.45) is 0 Å². The number of nitrogens with zero attached hydrogens (tertiary/aromatic N) is 3. The molecule has 27 heavy (non-hydrogen) atoms. The van der Waals surface area contributed by atoms with E-state index in [0.29, 0.717) is 16.4 Å². The van der Waals surface area contributed by atoms with E-state index in [1.807, 2.05) is 24.3 Å². The van der Waals surface area contributed by atoms with Crippen molar-refractivity contribution in [1.29, 1.82) is 0 Å². The van der Waals surface area contributed by atoms with E-state index in [1.54, 1.807) is 24.6 Å². The van der Waals surface area contributed by atoms with Crippen molar-refractivity contribution in [2.45, 2.75) is 19.9 Å². The van der Waals surface area contributed by atoms with Gasteiger partial charge in [-0.3, -0.25) is 20.1 Å². The van der Waals surface area contributed by atoms with Crippen LogP contribution in [0.4, 0.5) is 5.13 Å². The lowest BCUT2D eigenvalue weighted by Crippen LogP contribution is -2.29. The Labute approximate surface area is 161 Å². The van der Waals surface area contributed by atoms with Crippen LogP contribution in [0.15, 0.2) is 30.5 Å². The fraction of sp³-hybridized carbons (Fsp3) is 0.316. The van der Waals surface area contributed by atoms with Crippen LogP contribution in [0.1, 0.15) is 27.9 Å². The molecule has 0 unspecified atom stereocenters. The summed E-state index contributed by atoms with van der Waals surface area (Å²) >= 11 is 1.55. The first-order valence-corrected chi connectivity index (χ1v) is 9.69. The Morgan fingerprint density at radius 2 is 2.19 bits per heavy atom. The highest BCUT2D eigenvalue weighted by Gasteiger charge is 2.22. The predicted octanol–water partition coefficient (Wildman–Crippen LogP) is 3.17. The number of rotatable bonds is 5. The molecule has 8 heteroatoms. The number of fused-ring (bicyclic) bond motifs is 1. The van der Waals surface area contributed by atoms with Crippen molar-refractivity contribution >= 4 is 22.4 Å². The molecule has 0 bridgehead atoms. The molecule has 3 aromatic rings. The lowest BCUT2D eigenvalue weighted by atomic mass is 10.1. The maximum atomic E-state index is 12.8. The van der Waals surface area contributed by atoms with Crippen LogP contribution in [0.2, 0.25) is 0 Å². The standard InChI is InChI=1S/C19H21N5O2S/c1-3-24-9-8-15-16(11-24)27-19(21-15)22-18(25)14-10-20-23-17(14)12-4-6-13(26-2)7-5-12/h4-7,10H,3,8-9,11H2,1-2H3,(H,20,23)(H,21,22,25). The summed E-state index contributed by atoms with van der Waals surface area (Å²) in [7, 11) is 1.62. The van der Waals surface area contributed by atoms with Gasteiger partial charge in [0.15, 0.2) is 5.13 Å². The number of carbonyl (C=O) groups excluding carboxylic acids is 1. The van der Waals surface area contributed by atoms with Crippen molar-refractivity contribution < 1.29 is 9.53 Å². The summed E-state index contributed by atoms with van der Waals surface area (Å²) in [5, 5.41) is 10.5. The van der Waals surface area contributed by atoms with Gasteiger partial charge in [0.25, 0.3) is 5.91 Å². The van der Waals surface area contributed by atoms with E-state index in [9.17, 15) is 4.79 Å². The van der Waals surface area contributed by atoms with Gasteiger partial charge in [0.2, 0.25) is 0 Å². The summed E-state index contributed by atoms with van der Waals surface area (Å²) in [6, 6.07) is 7.49. The third kappa shape index (κ3) is 3.58. The highest BCUT2D eigenvalue weighted by molar-refractivity contribution is 7.15. The molecule has 1 aliphatic rings. The van der Waals surface area contributed by atoms with Gasteiger partial charge in [-0.2, -0.15) is 5.10 Å². The molecule has 0 saturated heterocycles. The number of nitrogens with one attached hydrogen (secondary N) is 2. The number of H-pyrrole nitrogens is 1. The van der Waals surface area contributed by atoms with Crippen molar-refractivity contribution in [3.8, 4) is 17.0 Å². The van der Waals surface area contributed by atoms with Crippen LogP contribution in [0, 0.1) is 0 Å². The van der Waals surface area contributed by atoms with Gasteiger partial charge >= 0.3 is 0 Å². The lowest BCUT2D eigenvalue weighted by Gasteiger charge is -2.23. The zero-order valence-electron chi connectivity index (χ0n) is 15.3. The fourth-order valence-electron chi connectivity index (χ4n) is 3.17. The van der Waals surface area contributed by atoms with E-state index in [2.05, 4.69) is 32.3 Å². The predicted molar refractivity (Wildman–Crippen MR) is 105 cm³/mol. The van der Waals surface area contributed by atoms with Crippen LogP contribution < -0.4 is 10.1 Å². The van der Waals surface area contributed by atoms with Gasteiger partial charge in [0, 0.05) is 30.0 Å². The number of aromatic amines is 1. The van der Waals surface area contributed by atoms with Gasteiger partial charge < -0.3 is 4.74 Å². The zero-order valence-corrected chi connectivity index (χ0v) is 16.1. The minimum absolute atomic E-state index is 0.215. The van der Waals surface area contributed by atoms with Crippen LogP contribution >= 0.6 is 11.3 Å². The number of benzene rings is 1. The van der Waals surface area contributed by atoms with Gasteiger partial charge in [-0.1, -0.05) is 6.92 Å². The molecular weight excluding hydrogens is 362 g/mol. The Morgan fingerprint density at radius 3 is 2.93 bits per heavy atom. The molecule has 3 heterocycles. The van der Waals surface area contributed by atoms with E-state index in [-0.39, 0.29) is 5.91 Å². The number of aromatic nitrogens is 3. The van der Waals surface area contributed by atoms with Crippen LogP contribution in [0.3, 0.4) is 0 Å². The topological polar surface area (TPSA) is 83.1 Å². The number of methoxy groups -OCH3 is 1. The minimum atomic E-state index is -0.215. The van der Waals surface area contributed by atoms with E-state index in [1.165, 1.54) is 4.88 Å². The molecule has 0 spiro atoms. The minimum Gasteiger partial charge on any atom is -0.497 e. The number of amides is 1. The first-order chi connectivity index (χ1) is 13.2. The molecule has 2 N–H and O–H groups in total. The zero-order chi connectivity index (χ0) is 18.8.